The Morgan fingerprint density at radius 1 is 1.04 bits per heavy atom. The van der Waals surface area contributed by atoms with Crippen molar-refractivity contribution in [3.05, 3.63) is 52.2 Å². The van der Waals surface area contributed by atoms with Gasteiger partial charge in [0.05, 0.1) is 9.77 Å². The topological polar surface area (TPSA) is 57.7 Å². The second kappa shape index (κ2) is 6.43. The summed E-state index contributed by atoms with van der Waals surface area (Å²) < 4.78 is 26.9. The van der Waals surface area contributed by atoms with E-state index in [1.807, 2.05) is 17.5 Å². The van der Waals surface area contributed by atoms with Crippen LogP contribution in [-0.4, -0.2) is 49.7 Å². The normalized spacial score (nSPS) is 16.5. The Morgan fingerprint density at radius 2 is 1.74 bits per heavy atom. The smallest absolute Gasteiger partial charge is 0.264 e. The van der Waals surface area contributed by atoms with Gasteiger partial charge in [-0.3, -0.25) is 4.79 Å². The fourth-order valence-electron chi connectivity index (χ4n) is 2.67. The molecule has 2 heterocycles. The molecule has 23 heavy (non-hydrogen) atoms. The van der Waals surface area contributed by atoms with Crippen molar-refractivity contribution in [2.75, 3.05) is 26.2 Å². The molecular weight excluding hydrogens is 332 g/mol. The van der Waals surface area contributed by atoms with Crippen molar-refractivity contribution in [2.45, 2.75) is 11.8 Å². The van der Waals surface area contributed by atoms with Crippen LogP contribution in [0.1, 0.15) is 15.2 Å². The van der Waals surface area contributed by atoms with Gasteiger partial charge < -0.3 is 4.90 Å². The first kappa shape index (κ1) is 16.2. The number of amides is 1. The van der Waals surface area contributed by atoms with Crippen molar-refractivity contribution >= 4 is 27.3 Å². The number of sulfonamides is 1. The molecule has 0 unspecified atom stereocenters. The van der Waals surface area contributed by atoms with Crippen LogP contribution in [0.4, 0.5) is 0 Å². The van der Waals surface area contributed by atoms with Crippen LogP contribution in [0.5, 0.6) is 0 Å². The quantitative estimate of drug-likeness (QED) is 0.853. The molecular formula is C16H18N2O3S2. The summed E-state index contributed by atoms with van der Waals surface area (Å²) in [6.45, 7) is 3.29. The number of piperazine rings is 1. The van der Waals surface area contributed by atoms with Crippen molar-refractivity contribution in [3.63, 3.8) is 0 Å². The SMILES string of the molecule is Cc1ccccc1S(=O)(=O)N1CCN(C(=O)c2cccs2)CC1. The predicted octanol–water partition coefficient (Wildman–Crippen LogP) is 2.20. The van der Waals surface area contributed by atoms with Gasteiger partial charge in [0.1, 0.15) is 0 Å². The lowest BCUT2D eigenvalue weighted by Crippen LogP contribution is -2.50. The molecule has 2 aromatic rings. The summed E-state index contributed by atoms with van der Waals surface area (Å²) in [6, 6.07) is 10.6. The first-order chi connectivity index (χ1) is 11.0. The van der Waals surface area contributed by atoms with Gasteiger partial charge in [0.25, 0.3) is 5.91 Å². The Morgan fingerprint density at radius 3 is 2.35 bits per heavy atom. The van der Waals surface area contributed by atoms with Crippen molar-refractivity contribution in [3.8, 4) is 0 Å². The molecule has 7 heteroatoms. The lowest BCUT2D eigenvalue weighted by molar-refractivity contribution is 0.0703. The van der Waals surface area contributed by atoms with E-state index in [-0.39, 0.29) is 5.91 Å². The van der Waals surface area contributed by atoms with Gasteiger partial charge >= 0.3 is 0 Å². The molecule has 1 aliphatic rings. The third-order valence-corrected chi connectivity index (χ3v) is 6.89. The van der Waals surface area contributed by atoms with Gasteiger partial charge in [-0.1, -0.05) is 24.3 Å². The summed E-state index contributed by atoms with van der Waals surface area (Å²) >= 11 is 1.41. The number of rotatable bonds is 3. The van der Waals surface area contributed by atoms with E-state index in [4.69, 9.17) is 0 Å². The van der Waals surface area contributed by atoms with Crippen LogP contribution in [-0.2, 0) is 10.0 Å². The zero-order valence-electron chi connectivity index (χ0n) is 12.8. The molecule has 0 radical (unpaired) electrons. The molecule has 1 fully saturated rings. The molecule has 5 nitrogen and oxygen atoms in total. The number of carbonyl (C=O) groups excluding carboxylic acids is 1. The van der Waals surface area contributed by atoms with Gasteiger partial charge in [0.2, 0.25) is 10.0 Å². The molecule has 1 saturated heterocycles. The number of hydrogen-bond donors (Lipinski definition) is 0. The van der Waals surface area contributed by atoms with E-state index >= 15 is 0 Å². The number of benzene rings is 1. The van der Waals surface area contributed by atoms with Crippen LogP contribution in [0.15, 0.2) is 46.7 Å². The molecule has 122 valence electrons. The Bertz CT molecular complexity index is 792. The molecule has 1 aromatic carbocycles. The van der Waals surface area contributed by atoms with Crippen molar-refractivity contribution < 1.29 is 13.2 Å². The third-order valence-electron chi connectivity index (χ3n) is 3.97. The van der Waals surface area contributed by atoms with Crippen LogP contribution in [0.2, 0.25) is 0 Å². The van der Waals surface area contributed by atoms with Crippen LogP contribution in [0.25, 0.3) is 0 Å². The van der Waals surface area contributed by atoms with E-state index in [0.717, 1.165) is 5.56 Å². The van der Waals surface area contributed by atoms with Crippen LogP contribution >= 0.6 is 11.3 Å². The fraction of sp³-hybridized carbons (Fsp3) is 0.312. The van der Waals surface area contributed by atoms with E-state index in [1.54, 1.807) is 36.1 Å². The summed E-state index contributed by atoms with van der Waals surface area (Å²) in [5.41, 5.74) is 0.740. The third kappa shape index (κ3) is 3.17. The Kier molecular flexibility index (Phi) is 4.52. The lowest BCUT2D eigenvalue weighted by Gasteiger charge is -2.34. The second-order valence-electron chi connectivity index (χ2n) is 5.44. The Hall–Kier alpha value is -1.70. The molecule has 1 aliphatic heterocycles. The van der Waals surface area contributed by atoms with Crippen LogP contribution in [0.3, 0.4) is 0 Å². The maximum atomic E-state index is 12.7. The van der Waals surface area contributed by atoms with E-state index in [1.165, 1.54) is 15.6 Å². The van der Waals surface area contributed by atoms with Gasteiger partial charge in [-0.05, 0) is 30.0 Å². The Balaban J connectivity index is 1.72. The molecule has 1 amide bonds. The minimum absolute atomic E-state index is 0.0204. The number of carbonyl (C=O) groups is 1. The van der Waals surface area contributed by atoms with Gasteiger partial charge in [-0.15, -0.1) is 11.3 Å². The molecule has 0 bridgehead atoms. The summed E-state index contributed by atoms with van der Waals surface area (Å²) in [7, 11) is -3.50. The first-order valence-corrected chi connectivity index (χ1v) is 9.70. The molecule has 0 spiro atoms. The maximum Gasteiger partial charge on any atom is 0.264 e. The average molecular weight is 350 g/mol. The first-order valence-electron chi connectivity index (χ1n) is 7.39. The number of thiophene rings is 1. The minimum Gasteiger partial charge on any atom is -0.335 e. The standard InChI is InChI=1S/C16H18N2O3S2/c1-13-5-2-3-7-15(13)23(20,21)18-10-8-17(9-11-18)16(19)14-6-4-12-22-14/h2-7,12H,8-11H2,1H3. The molecule has 3 rings (SSSR count). The van der Waals surface area contributed by atoms with Crippen molar-refractivity contribution in [1.29, 1.82) is 0 Å². The number of nitrogens with zero attached hydrogens (tertiary/aromatic N) is 2. The van der Waals surface area contributed by atoms with Gasteiger partial charge in [0, 0.05) is 26.2 Å². The summed E-state index contributed by atoms with van der Waals surface area (Å²) in [5, 5.41) is 1.87. The van der Waals surface area contributed by atoms with Crippen LogP contribution in [0, 0.1) is 6.92 Å². The maximum absolute atomic E-state index is 12.7. The fourth-order valence-corrected chi connectivity index (χ4v) is 5.01. The highest BCUT2D eigenvalue weighted by Crippen LogP contribution is 2.21. The summed E-state index contributed by atoms with van der Waals surface area (Å²) in [5.74, 6) is -0.0204. The van der Waals surface area contributed by atoms with E-state index in [9.17, 15) is 13.2 Å². The molecule has 0 aliphatic carbocycles. The Labute approximate surface area is 140 Å². The lowest BCUT2D eigenvalue weighted by atomic mass is 10.2. The van der Waals surface area contributed by atoms with E-state index in [0.29, 0.717) is 36.0 Å². The molecule has 1 aromatic heterocycles. The van der Waals surface area contributed by atoms with Crippen molar-refractivity contribution in [1.82, 2.24) is 9.21 Å². The monoisotopic (exact) mass is 350 g/mol. The van der Waals surface area contributed by atoms with Gasteiger partial charge in [0.15, 0.2) is 0 Å². The highest BCUT2D eigenvalue weighted by Gasteiger charge is 2.31. The van der Waals surface area contributed by atoms with Gasteiger partial charge in [-0.2, -0.15) is 4.31 Å². The molecule has 0 N–H and O–H groups in total. The number of hydrogen-bond acceptors (Lipinski definition) is 4. The van der Waals surface area contributed by atoms with Gasteiger partial charge in [-0.25, -0.2) is 8.42 Å². The minimum atomic E-state index is -3.50. The highest BCUT2D eigenvalue weighted by atomic mass is 32.2. The summed E-state index contributed by atoms with van der Waals surface area (Å²) in [6.07, 6.45) is 0. The molecule has 0 saturated carbocycles. The predicted molar refractivity (Wildman–Crippen MR) is 90.2 cm³/mol. The number of aryl methyl sites for hydroxylation is 1. The van der Waals surface area contributed by atoms with Crippen LogP contribution < -0.4 is 0 Å². The summed E-state index contributed by atoms with van der Waals surface area (Å²) in [4.78, 5) is 15.1. The van der Waals surface area contributed by atoms with Crippen molar-refractivity contribution in [2.24, 2.45) is 0 Å². The molecule has 0 atom stereocenters. The zero-order valence-corrected chi connectivity index (χ0v) is 14.4. The second-order valence-corrected chi connectivity index (χ2v) is 8.29. The van der Waals surface area contributed by atoms with E-state index in [2.05, 4.69) is 0 Å². The highest BCUT2D eigenvalue weighted by molar-refractivity contribution is 7.89. The van der Waals surface area contributed by atoms with E-state index < -0.39 is 10.0 Å². The largest absolute Gasteiger partial charge is 0.335 e. The average Bonchev–Trinajstić information content (AvgIpc) is 3.09. The zero-order chi connectivity index (χ0) is 16.4.